The van der Waals surface area contributed by atoms with E-state index in [1.54, 1.807) is 33.0 Å². The molecule has 2 rings (SSSR count). The third kappa shape index (κ3) is 5.27. The summed E-state index contributed by atoms with van der Waals surface area (Å²) in [4.78, 5) is 17.1. The molecule has 3 N–H and O–H groups in total. The van der Waals surface area contributed by atoms with Crippen molar-refractivity contribution in [3.05, 3.63) is 46.2 Å². The molecule has 0 saturated heterocycles. The summed E-state index contributed by atoms with van der Waals surface area (Å²) in [6, 6.07) is 4.98. The molecule has 23 heavy (non-hydrogen) atoms. The molecule has 7 heteroatoms. The van der Waals surface area contributed by atoms with Crippen LogP contribution in [0.25, 0.3) is 0 Å². The van der Waals surface area contributed by atoms with E-state index in [1.165, 1.54) is 17.4 Å². The minimum absolute atomic E-state index is 0. The molecule has 1 heterocycles. The molecule has 126 valence electrons. The second kappa shape index (κ2) is 8.38. The van der Waals surface area contributed by atoms with Gasteiger partial charge < -0.3 is 11.1 Å². The van der Waals surface area contributed by atoms with Crippen LogP contribution in [-0.2, 0) is 11.2 Å². The molecule has 2 atom stereocenters. The molecule has 1 amide bonds. The van der Waals surface area contributed by atoms with Crippen LogP contribution in [0, 0.1) is 18.7 Å². The van der Waals surface area contributed by atoms with Gasteiger partial charge in [-0.2, -0.15) is 0 Å². The zero-order chi connectivity index (χ0) is 16.3. The molecule has 0 fully saturated rings. The number of amides is 1. The van der Waals surface area contributed by atoms with Crippen LogP contribution in [0.4, 0.5) is 9.52 Å². The number of aromatic nitrogens is 1. The normalized spacial score (nSPS) is 13.1. The molecule has 0 aliphatic carbocycles. The van der Waals surface area contributed by atoms with Crippen LogP contribution >= 0.6 is 23.7 Å². The second-order valence-corrected chi connectivity index (χ2v) is 6.64. The number of benzene rings is 1. The Morgan fingerprint density at radius 3 is 2.74 bits per heavy atom. The number of nitrogens with zero attached hydrogens (tertiary/aromatic N) is 1. The predicted molar refractivity (Wildman–Crippen MR) is 94.7 cm³/mol. The van der Waals surface area contributed by atoms with Crippen LogP contribution < -0.4 is 11.1 Å². The first kappa shape index (κ1) is 19.5. The van der Waals surface area contributed by atoms with Crippen LogP contribution in [0.15, 0.2) is 24.4 Å². The van der Waals surface area contributed by atoms with E-state index >= 15 is 0 Å². The lowest BCUT2D eigenvalue weighted by Crippen LogP contribution is -2.34. The summed E-state index contributed by atoms with van der Waals surface area (Å²) in [6.07, 6.45) is 2.29. The van der Waals surface area contributed by atoms with Crippen molar-refractivity contribution in [2.45, 2.75) is 33.2 Å². The maximum atomic E-state index is 13.5. The Labute approximate surface area is 145 Å². The number of carbonyl (C=O) groups is 1. The lowest BCUT2D eigenvalue weighted by atomic mass is 10.0. The predicted octanol–water partition coefficient (Wildman–Crippen LogP) is 3.53. The van der Waals surface area contributed by atoms with E-state index in [0.717, 1.165) is 10.4 Å². The standard InChI is InChI=1S/C16H20FN3OS.ClH/c1-9-4-5-12(7-14(9)17)6-13-8-19-16(22-13)20-15(21)10(2)11(3)18;/h4-5,7-8,10-11H,6,18H2,1-3H3,(H,19,20,21);1H. The number of rotatable bonds is 5. The third-order valence-electron chi connectivity index (χ3n) is 3.60. The summed E-state index contributed by atoms with van der Waals surface area (Å²) >= 11 is 1.39. The van der Waals surface area contributed by atoms with Crippen molar-refractivity contribution in [1.82, 2.24) is 4.98 Å². The smallest absolute Gasteiger partial charge is 0.230 e. The highest BCUT2D eigenvalue weighted by Gasteiger charge is 2.18. The Kier molecular flexibility index (Phi) is 7.12. The van der Waals surface area contributed by atoms with Crippen LogP contribution in [0.2, 0.25) is 0 Å². The number of hydrogen-bond donors (Lipinski definition) is 2. The molecule has 2 unspecified atom stereocenters. The molecular weight excluding hydrogens is 337 g/mol. The molecule has 4 nitrogen and oxygen atoms in total. The number of nitrogens with one attached hydrogen (secondary N) is 1. The van der Waals surface area contributed by atoms with Crippen LogP contribution in [-0.4, -0.2) is 16.9 Å². The Balaban J connectivity index is 0.00000264. The number of halogens is 2. The minimum atomic E-state index is -0.279. The van der Waals surface area contributed by atoms with E-state index in [1.807, 2.05) is 6.07 Å². The molecule has 0 radical (unpaired) electrons. The molecule has 0 bridgehead atoms. The summed E-state index contributed by atoms with van der Waals surface area (Å²) in [5.41, 5.74) is 7.22. The van der Waals surface area contributed by atoms with Crippen LogP contribution in [0.3, 0.4) is 0 Å². The maximum absolute atomic E-state index is 13.5. The van der Waals surface area contributed by atoms with Gasteiger partial charge in [-0.1, -0.05) is 19.1 Å². The van der Waals surface area contributed by atoms with Crippen molar-refractivity contribution in [2.24, 2.45) is 11.7 Å². The number of thiazole rings is 1. The lowest BCUT2D eigenvalue weighted by molar-refractivity contribution is -0.119. The average Bonchev–Trinajstić information content (AvgIpc) is 2.89. The van der Waals surface area contributed by atoms with Gasteiger partial charge in [-0.3, -0.25) is 4.79 Å². The molecule has 0 saturated carbocycles. The van der Waals surface area contributed by atoms with Gasteiger partial charge in [-0.15, -0.1) is 23.7 Å². The summed E-state index contributed by atoms with van der Waals surface area (Å²) < 4.78 is 13.5. The van der Waals surface area contributed by atoms with E-state index in [-0.39, 0.29) is 36.1 Å². The first-order valence-electron chi connectivity index (χ1n) is 7.13. The molecule has 0 aliphatic heterocycles. The van der Waals surface area contributed by atoms with Crippen molar-refractivity contribution < 1.29 is 9.18 Å². The van der Waals surface area contributed by atoms with Crippen molar-refractivity contribution in [2.75, 3.05) is 5.32 Å². The first-order chi connectivity index (χ1) is 10.4. The fourth-order valence-electron chi connectivity index (χ4n) is 1.85. The van der Waals surface area contributed by atoms with E-state index in [2.05, 4.69) is 10.3 Å². The minimum Gasteiger partial charge on any atom is -0.327 e. The molecule has 2 aromatic rings. The van der Waals surface area contributed by atoms with Crippen molar-refractivity contribution in [3.8, 4) is 0 Å². The number of anilines is 1. The number of nitrogens with two attached hydrogens (primary N) is 1. The third-order valence-corrected chi connectivity index (χ3v) is 4.51. The first-order valence-corrected chi connectivity index (χ1v) is 7.94. The lowest BCUT2D eigenvalue weighted by Gasteiger charge is -2.13. The monoisotopic (exact) mass is 357 g/mol. The SMILES string of the molecule is Cc1ccc(Cc2cnc(NC(=O)C(C)C(C)N)s2)cc1F.Cl. The van der Waals surface area contributed by atoms with Gasteiger partial charge in [0.25, 0.3) is 0 Å². The zero-order valence-corrected chi connectivity index (χ0v) is 14.9. The quantitative estimate of drug-likeness (QED) is 0.860. The summed E-state index contributed by atoms with van der Waals surface area (Å²) in [6.45, 7) is 5.31. The largest absolute Gasteiger partial charge is 0.327 e. The van der Waals surface area contributed by atoms with Gasteiger partial charge in [0.2, 0.25) is 5.91 Å². The van der Waals surface area contributed by atoms with Crippen molar-refractivity contribution >= 4 is 34.8 Å². The average molecular weight is 358 g/mol. The van der Waals surface area contributed by atoms with Crippen LogP contribution in [0.5, 0.6) is 0 Å². The Bertz CT molecular complexity index is 675. The molecular formula is C16H21ClFN3OS. The summed E-state index contributed by atoms with van der Waals surface area (Å²) in [7, 11) is 0. The Morgan fingerprint density at radius 2 is 2.13 bits per heavy atom. The fourth-order valence-corrected chi connectivity index (χ4v) is 2.70. The molecule has 0 aliphatic rings. The van der Waals surface area contributed by atoms with E-state index < -0.39 is 0 Å². The molecule has 1 aromatic heterocycles. The van der Waals surface area contributed by atoms with Gasteiger partial charge >= 0.3 is 0 Å². The topological polar surface area (TPSA) is 68.0 Å². The van der Waals surface area contributed by atoms with Gasteiger partial charge in [0, 0.05) is 23.5 Å². The second-order valence-electron chi connectivity index (χ2n) is 5.53. The van der Waals surface area contributed by atoms with E-state index in [0.29, 0.717) is 17.1 Å². The highest BCUT2D eigenvalue weighted by atomic mass is 35.5. The van der Waals surface area contributed by atoms with Gasteiger partial charge in [0.05, 0.1) is 5.92 Å². The number of hydrogen-bond acceptors (Lipinski definition) is 4. The van der Waals surface area contributed by atoms with Gasteiger partial charge in [0.15, 0.2) is 5.13 Å². The molecule has 1 aromatic carbocycles. The zero-order valence-electron chi connectivity index (χ0n) is 13.3. The highest BCUT2D eigenvalue weighted by Crippen LogP contribution is 2.22. The Morgan fingerprint density at radius 1 is 1.43 bits per heavy atom. The highest BCUT2D eigenvalue weighted by molar-refractivity contribution is 7.15. The van der Waals surface area contributed by atoms with Crippen molar-refractivity contribution in [3.63, 3.8) is 0 Å². The summed E-state index contributed by atoms with van der Waals surface area (Å²) in [5.74, 6) is -0.628. The van der Waals surface area contributed by atoms with Gasteiger partial charge in [-0.05, 0) is 31.0 Å². The fraction of sp³-hybridized carbons (Fsp3) is 0.375. The van der Waals surface area contributed by atoms with Crippen molar-refractivity contribution in [1.29, 1.82) is 0 Å². The Hall–Kier alpha value is -1.50. The van der Waals surface area contributed by atoms with E-state index in [9.17, 15) is 9.18 Å². The number of carbonyl (C=O) groups excluding carboxylic acids is 1. The maximum Gasteiger partial charge on any atom is 0.230 e. The summed E-state index contributed by atoms with van der Waals surface area (Å²) in [5, 5.41) is 3.31. The van der Waals surface area contributed by atoms with Crippen LogP contribution in [0.1, 0.15) is 29.9 Å². The van der Waals surface area contributed by atoms with Gasteiger partial charge in [0.1, 0.15) is 5.82 Å². The van der Waals surface area contributed by atoms with Gasteiger partial charge in [-0.25, -0.2) is 9.37 Å². The van der Waals surface area contributed by atoms with E-state index in [4.69, 9.17) is 5.73 Å². The number of aryl methyl sites for hydroxylation is 1. The molecule has 0 spiro atoms.